The van der Waals surface area contributed by atoms with Crippen LogP contribution in [0.15, 0.2) is 30.7 Å². The van der Waals surface area contributed by atoms with Gasteiger partial charge in [-0.3, -0.25) is 4.79 Å². The summed E-state index contributed by atoms with van der Waals surface area (Å²) < 4.78 is 13.4. The average Bonchev–Trinajstić information content (AvgIpc) is 2.85. The minimum Gasteiger partial charge on any atom is -0.478 e. The molecule has 2 rings (SSSR count). The maximum Gasteiger partial charge on any atom is 0.335 e. The Morgan fingerprint density at radius 2 is 2.17 bits per heavy atom. The first kappa shape index (κ1) is 11.8. The van der Waals surface area contributed by atoms with Gasteiger partial charge in [-0.2, -0.15) is 0 Å². The van der Waals surface area contributed by atoms with Crippen molar-refractivity contribution >= 4 is 17.6 Å². The molecule has 0 bridgehead atoms. The number of carbonyl (C=O) groups is 2. The lowest BCUT2D eigenvalue weighted by atomic mass is 10.2. The van der Waals surface area contributed by atoms with E-state index in [2.05, 4.69) is 15.3 Å². The van der Waals surface area contributed by atoms with E-state index in [9.17, 15) is 14.0 Å². The van der Waals surface area contributed by atoms with Crippen LogP contribution < -0.4 is 5.32 Å². The molecule has 0 saturated heterocycles. The molecular weight excluding hydrogens is 241 g/mol. The van der Waals surface area contributed by atoms with Crippen molar-refractivity contribution in [3.8, 4) is 0 Å². The fourth-order valence-electron chi connectivity index (χ4n) is 1.32. The van der Waals surface area contributed by atoms with Crippen LogP contribution >= 0.6 is 0 Å². The van der Waals surface area contributed by atoms with Gasteiger partial charge in [-0.1, -0.05) is 0 Å². The molecule has 0 aliphatic carbocycles. The molecular formula is C11H8FN3O3. The zero-order valence-corrected chi connectivity index (χ0v) is 8.98. The molecule has 2 aromatic rings. The van der Waals surface area contributed by atoms with Gasteiger partial charge in [0.2, 0.25) is 0 Å². The molecule has 0 aliphatic rings. The first-order valence-corrected chi connectivity index (χ1v) is 4.90. The molecule has 6 nitrogen and oxygen atoms in total. The van der Waals surface area contributed by atoms with Crippen molar-refractivity contribution in [2.45, 2.75) is 0 Å². The smallest absolute Gasteiger partial charge is 0.335 e. The van der Waals surface area contributed by atoms with Crippen LogP contribution in [0.3, 0.4) is 0 Å². The Balaban J connectivity index is 2.26. The summed E-state index contributed by atoms with van der Waals surface area (Å²) in [6, 6.07) is 3.14. The first-order chi connectivity index (χ1) is 8.58. The summed E-state index contributed by atoms with van der Waals surface area (Å²) in [6.07, 6.45) is 2.58. The quantitative estimate of drug-likeness (QED) is 0.768. The van der Waals surface area contributed by atoms with Gasteiger partial charge in [0, 0.05) is 0 Å². The normalized spacial score (nSPS) is 10.1. The number of amides is 1. The Labute approximate surface area is 100 Å². The third-order valence-corrected chi connectivity index (χ3v) is 2.20. The molecule has 0 saturated carbocycles. The predicted molar refractivity (Wildman–Crippen MR) is 59.9 cm³/mol. The van der Waals surface area contributed by atoms with Crippen molar-refractivity contribution in [3.05, 3.63) is 47.8 Å². The number of nitrogens with zero attached hydrogens (tertiary/aromatic N) is 1. The van der Waals surface area contributed by atoms with E-state index in [0.717, 1.165) is 18.2 Å². The lowest BCUT2D eigenvalue weighted by Crippen LogP contribution is -2.14. The Kier molecular flexibility index (Phi) is 3.05. The molecule has 1 heterocycles. The zero-order valence-electron chi connectivity index (χ0n) is 8.98. The average molecular weight is 249 g/mol. The molecule has 1 aromatic carbocycles. The Hall–Kier alpha value is -2.70. The van der Waals surface area contributed by atoms with Crippen LogP contribution in [0, 0.1) is 5.82 Å². The Morgan fingerprint density at radius 3 is 2.78 bits per heavy atom. The van der Waals surface area contributed by atoms with E-state index in [4.69, 9.17) is 5.11 Å². The van der Waals surface area contributed by atoms with Crippen LogP contribution in [-0.4, -0.2) is 27.0 Å². The van der Waals surface area contributed by atoms with Crippen molar-refractivity contribution in [1.82, 2.24) is 9.97 Å². The summed E-state index contributed by atoms with van der Waals surface area (Å²) >= 11 is 0. The van der Waals surface area contributed by atoms with Crippen LogP contribution in [0.25, 0.3) is 0 Å². The number of benzene rings is 1. The first-order valence-electron chi connectivity index (χ1n) is 4.90. The molecule has 18 heavy (non-hydrogen) atoms. The predicted octanol–water partition coefficient (Wildman–Crippen LogP) is 1.50. The maximum atomic E-state index is 13.4. The van der Waals surface area contributed by atoms with Gasteiger partial charge < -0.3 is 15.4 Å². The van der Waals surface area contributed by atoms with Gasteiger partial charge in [-0.25, -0.2) is 14.2 Å². The highest BCUT2D eigenvalue weighted by molar-refractivity contribution is 6.03. The second-order valence-electron chi connectivity index (χ2n) is 3.42. The van der Waals surface area contributed by atoms with Gasteiger partial charge in [-0.15, -0.1) is 0 Å². The highest BCUT2D eigenvalue weighted by Gasteiger charge is 2.12. The number of hydrogen-bond acceptors (Lipinski definition) is 3. The largest absolute Gasteiger partial charge is 0.478 e. The fraction of sp³-hybridized carbons (Fsp3) is 0. The number of aromatic nitrogens is 2. The Morgan fingerprint density at radius 1 is 1.39 bits per heavy atom. The Bertz CT molecular complexity index is 596. The lowest BCUT2D eigenvalue weighted by Gasteiger charge is -2.06. The minimum atomic E-state index is -1.20. The number of carbonyl (C=O) groups excluding carboxylic acids is 1. The van der Waals surface area contributed by atoms with E-state index in [1.54, 1.807) is 0 Å². The summed E-state index contributed by atoms with van der Waals surface area (Å²) in [6.45, 7) is 0. The van der Waals surface area contributed by atoms with Gasteiger partial charge in [0.05, 0.1) is 23.8 Å². The van der Waals surface area contributed by atoms with E-state index < -0.39 is 17.7 Å². The third kappa shape index (κ3) is 2.34. The number of carboxylic acids is 1. The fourth-order valence-corrected chi connectivity index (χ4v) is 1.32. The minimum absolute atomic E-state index is 0.115. The van der Waals surface area contributed by atoms with Crippen LogP contribution in [0.4, 0.5) is 10.1 Å². The van der Waals surface area contributed by atoms with Crippen molar-refractivity contribution < 1.29 is 19.1 Å². The number of hydrogen-bond donors (Lipinski definition) is 3. The van der Waals surface area contributed by atoms with Crippen molar-refractivity contribution in [2.24, 2.45) is 0 Å². The SMILES string of the molecule is O=C(O)c1ccc(F)c(NC(=O)c2cnc[nH]2)c1. The number of nitrogens with one attached hydrogen (secondary N) is 2. The summed E-state index contributed by atoms with van der Waals surface area (Å²) in [5.41, 5.74) is -0.166. The number of aromatic amines is 1. The molecule has 0 unspecified atom stereocenters. The van der Waals surface area contributed by atoms with Crippen LogP contribution in [0.2, 0.25) is 0 Å². The summed E-state index contributed by atoms with van der Waals surface area (Å²) in [4.78, 5) is 28.5. The number of aromatic carboxylic acids is 1. The standard InChI is InChI=1S/C11H8FN3O3/c12-7-2-1-6(11(17)18)3-8(7)15-10(16)9-4-13-5-14-9/h1-5H,(H,13,14)(H,15,16)(H,17,18). The number of anilines is 1. The molecule has 0 spiro atoms. The number of carboxylic acid groups (broad SMARTS) is 1. The zero-order chi connectivity index (χ0) is 13.1. The molecule has 92 valence electrons. The van der Waals surface area contributed by atoms with Gasteiger partial charge in [0.15, 0.2) is 0 Å². The topological polar surface area (TPSA) is 95.1 Å². The van der Waals surface area contributed by atoms with Gasteiger partial charge in [0.1, 0.15) is 11.5 Å². The van der Waals surface area contributed by atoms with Crippen molar-refractivity contribution in [1.29, 1.82) is 0 Å². The third-order valence-electron chi connectivity index (χ3n) is 2.20. The molecule has 0 radical (unpaired) electrons. The van der Waals surface area contributed by atoms with Crippen LogP contribution in [0.5, 0.6) is 0 Å². The van der Waals surface area contributed by atoms with Crippen molar-refractivity contribution in [2.75, 3.05) is 5.32 Å². The van der Waals surface area contributed by atoms with Gasteiger partial charge >= 0.3 is 5.97 Å². The van der Waals surface area contributed by atoms with Crippen LogP contribution in [-0.2, 0) is 0 Å². The van der Waals surface area contributed by atoms with E-state index in [1.165, 1.54) is 12.5 Å². The molecule has 0 fully saturated rings. The number of H-pyrrole nitrogens is 1. The van der Waals surface area contributed by atoms with E-state index in [-0.39, 0.29) is 16.9 Å². The number of halogens is 1. The summed E-state index contributed by atoms with van der Waals surface area (Å²) in [5.74, 6) is -2.52. The summed E-state index contributed by atoms with van der Waals surface area (Å²) in [5, 5.41) is 11.0. The molecule has 3 N–H and O–H groups in total. The summed E-state index contributed by atoms with van der Waals surface area (Å²) in [7, 11) is 0. The molecule has 0 aliphatic heterocycles. The molecule has 0 atom stereocenters. The molecule has 1 amide bonds. The van der Waals surface area contributed by atoms with Gasteiger partial charge in [0.25, 0.3) is 5.91 Å². The van der Waals surface area contributed by atoms with E-state index in [1.807, 2.05) is 0 Å². The highest BCUT2D eigenvalue weighted by Crippen LogP contribution is 2.17. The number of rotatable bonds is 3. The second-order valence-corrected chi connectivity index (χ2v) is 3.42. The maximum absolute atomic E-state index is 13.4. The van der Waals surface area contributed by atoms with Crippen LogP contribution in [0.1, 0.15) is 20.8 Å². The molecule has 1 aromatic heterocycles. The lowest BCUT2D eigenvalue weighted by molar-refractivity contribution is 0.0696. The second kappa shape index (κ2) is 4.66. The van der Waals surface area contributed by atoms with Crippen molar-refractivity contribution in [3.63, 3.8) is 0 Å². The monoisotopic (exact) mass is 249 g/mol. The van der Waals surface area contributed by atoms with E-state index in [0.29, 0.717) is 0 Å². The highest BCUT2D eigenvalue weighted by atomic mass is 19.1. The molecule has 7 heteroatoms. The van der Waals surface area contributed by atoms with Gasteiger partial charge in [-0.05, 0) is 18.2 Å². The van der Waals surface area contributed by atoms with E-state index >= 15 is 0 Å². The number of imidazole rings is 1.